The molecule has 0 bridgehead atoms. The lowest BCUT2D eigenvalue weighted by Crippen LogP contribution is -2.28. The summed E-state index contributed by atoms with van der Waals surface area (Å²) in [5, 5.41) is 3.11. The monoisotopic (exact) mass is 269 g/mol. The van der Waals surface area contributed by atoms with Crippen LogP contribution in [0.15, 0.2) is 12.1 Å². The van der Waals surface area contributed by atoms with Gasteiger partial charge in [-0.2, -0.15) is 0 Å². The predicted octanol–water partition coefficient (Wildman–Crippen LogP) is 2.09. The van der Waals surface area contributed by atoms with Crippen LogP contribution < -0.4 is 24.3 Å². The molecule has 1 aromatic rings. The molecule has 0 saturated carbocycles. The number of hydrogen-bond donors (Lipinski definition) is 1. The first-order chi connectivity index (χ1) is 9.19. The predicted molar refractivity (Wildman–Crippen MR) is 74.7 cm³/mol. The van der Waals surface area contributed by atoms with Gasteiger partial charge < -0.3 is 24.3 Å². The number of rotatable bonds is 8. The van der Waals surface area contributed by atoms with E-state index in [9.17, 15) is 0 Å². The van der Waals surface area contributed by atoms with Gasteiger partial charge in [0.1, 0.15) is 11.9 Å². The zero-order valence-electron chi connectivity index (χ0n) is 12.3. The molecular formula is C14H23NO4. The number of nitrogens with one attached hydrogen (secondary N) is 1. The molecule has 0 aliphatic rings. The van der Waals surface area contributed by atoms with Crippen LogP contribution in [0.1, 0.15) is 13.3 Å². The first-order valence-electron chi connectivity index (χ1n) is 6.31. The highest BCUT2D eigenvalue weighted by Crippen LogP contribution is 2.41. The molecule has 0 amide bonds. The van der Waals surface area contributed by atoms with Crippen LogP contribution in [0.4, 0.5) is 0 Å². The van der Waals surface area contributed by atoms with Crippen LogP contribution >= 0.6 is 0 Å². The number of benzene rings is 1. The molecule has 108 valence electrons. The van der Waals surface area contributed by atoms with E-state index in [4.69, 9.17) is 18.9 Å². The first-order valence-corrected chi connectivity index (χ1v) is 6.31. The summed E-state index contributed by atoms with van der Waals surface area (Å²) in [4.78, 5) is 0. The molecule has 0 saturated heterocycles. The Morgan fingerprint density at radius 1 is 1.05 bits per heavy atom. The lowest BCUT2D eigenvalue weighted by atomic mass is 10.2. The largest absolute Gasteiger partial charge is 0.493 e. The summed E-state index contributed by atoms with van der Waals surface area (Å²) < 4.78 is 21.8. The van der Waals surface area contributed by atoms with Crippen molar-refractivity contribution in [1.29, 1.82) is 0 Å². The average molecular weight is 269 g/mol. The van der Waals surface area contributed by atoms with E-state index in [1.807, 2.05) is 7.05 Å². The van der Waals surface area contributed by atoms with Crippen LogP contribution in [0.2, 0.25) is 0 Å². The molecule has 0 aliphatic carbocycles. The molecule has 0 fully saturated rings. The Morgan fingerprint density at radius 3 is 2.00 bits per heavy atom. The van der Waals surface area contributed by atoms with Gasteiger partial charge in [0.2, 0.25) is 5.75 Å². The minimum atomic E-state index is 0.104. The zero-order valence-corrected chi connectivity index (χ0v) is 12.3. The summed E-state index contributed by atoms with van der Waals surface area (Å²) in [6, 6.07) is 3.61. The van der Waals surface area contributed by atoms with Crippen molar-refractivity contribution in [3.63, 3.8) is 0 Å². The SMILES string of the molecule is CCC(CNC)Oc1cc(OC)c(OC)c(OC)c1. The average Bonchev–Trinajstić information content (AvgIpc) is 2.45. The fourth-order valence-electron chi connectivity index (χ4n) is 1.81. The molecule has 1 N–H and O–H groups in total. The molecule has 0 aliphatic heterocycles. The Labute approximate surface area is 114 Å². The van der Waals surface area contributed by atoms with Gasteiger partial charge in [0.05, 0.1) is 21.3 Å². The number of methoxy groups -OCH3 is 3. The van der Waals surface area contributed by atoms with Crippen molar-refractivity contribution < 1.29 is 18.9 Å². The summed E-state index contributed by atoms with van der Waals surface area (Å²) in [5.41, 5.74) is 0. The Bertz CT molecular complexity index is 370. The second-order valence-corrected chi connectivity index (χ2v) is 4.07. The van der Waals surface area contributed by atoms with Crippen molar-refractivity contribution in [2.24, 2.45) is 0 Å². The topological polar surface area (TPSA) is 49.0 Å². The van der Waals surface area contributed by atoms with Gasteiger partial charge in [-0.15, -0.1) is 0 Å². The van der Waals surface area contributed by atoms with Crippen molar-refractivity contribution in [1.82, 2.24) is 5.32 Å². The van der Waals surface area contributed by atoms with Gasteiger partial charge in [-0.1, -0.05) is 6.92 Å². The number of ether oxygens (including phenoxy) is 4. The normalized spacial score (nSPS) is 11.8. The fourth-order valence-corrected chi connectivity index (χ4v) is 1.81. The molecule has 0 radical (unpaired) electrons. The third kappa shape index (κ3) is 3.92. The lowest BCUT2D eigenvalue weighted by molar-refractivity contribution is 0.194. The highest BCUT2D eigenvalue weighted by atomic mass is 16.5. The highest BCUT2D eigenvalue weighted by molar-refractivity contribution is 5.55. The van der Waals surface area contributed by atoms with E-state index in [1.54, 1.807) is 33.5 Å². The molecule has 5 heteroatoms. The summed E-state index contributed by atoms with van der Waals surface area (Å²) in [5.74, 6) is 2.46. The van der Waals surface area contributed by atoms with Gasteiger partial charge in [0.25, 0.3) is 0 Å². The van der Waals surface area contributed by atoms with Gasteiger partial charge in [-0.3, -0.25) is 0 Å². The molecule has 19 heavy (non-hydrogen) atoms. The summed E-state index contributed by atoms with van der Waals surface area (Å²) >= 11 is 0. The van der Waals surface area contributed by atoms with E-state index in [1.165, 1.54) is 0 Å². The van der Waals surface area contributed by atoms with Crippen LogP contribution in [0.25, 0.3) is 0 Å². The van der Waals surface area contributed by atoms with Crippen LogP contribution in [0.5, 0.6) is 23.0 Å². The third-order valence-electron chi connectivity index (χ3n) is 2.83. The van der Waals surface area contributed by atoms with E-state index in [0.29, 0.717) is 23.0 Å². The van der Waals surface area contributed by atoms with Crippen LogP contribution in [0.3, 0.4) is 0 Å². The standard InChI is InChI=1S/C14H23NO4/c1-6-10(9-15-2)19-11-7-12(16-3)14(18-5)13(8-11)17-4/h7-8,10,15H,6,9H2,1-5H3. The lowest BCUT2D eigenvalue weighted by Gasteiger charge is -2.19. The molecule has 0 aromatic heterocycles. The molecule has 1 rings (SSSR count). The Hall–Kier alpha value is -1.62. The summed E-state index contributed by atoms with van der Waals surface area (Å²) in [6.07, 6.45) is 1.02. The van der Waals surface area contributed by atoms with Crippen molar-refractivity contribution in [2.45, 2.75) is 19.4 Å². The molecule has 0 heterocycles. The molecule has 1 atom stereocenters. The maximum absolute atomic E-state index is 5.91. The number of hydrogen-bond acceptors (Lipinski definition) is 5. The zero-order chi connectivity index (χ0) is 14.3. The maximum atomic E-state index is 5.91. The molecule has 5 nitrogen and oxygen atoms in total. The second kappa shape index (κ2) is 7.74. The third-order valence-corrected chi connectivity index (χ3v) is 2.83. The Kier molecular flexibility index (Phi) is 6.29. The van der Waals surface area contributed by atoms with Gasteiger partial charge in [-0.25, -0.2) is 0 Å². The van der Waals surface area contributed by atoms with E-state index in [2.05, 4.69) is 12.2 Å². The van der Waals surface area contributed by atoms with E-state index >= 15 is 0 Å². The van der Waals surface area contributed by atoms with Gasteiger partial charge in [0, 0.05) is 18.7 Å². The van der Waals surface area contributed by atoms with Crippen LogP contribution in [-0.4, -0.2) is 41.0 Å². The van der Waals surface area contributed by atoms with E-state index in [0.717, 1.165) is 13.0 Å². The first kappa shape index (κ1) is 15.4. The maximum Gasteiger partial charge on any atom is 0.203 e. The van der Waals surface area contributed by atoms with Crippen LogP contribution in [0, 0.1) is 0 Å². The second-order valence-electron chi connectivity index (χ2n) is 4.07. The van der Waals surface area contributed by atoms with Crippen molar-refractivity contribution in [2.75, 3.05) is 34.9 Å². The Balaban J connectivity index is 3.01. The van der Waals surface area contributed by atoms with E-state index < -0.39 is 0 Å². The van der Waals surface area contributed by atoms with Gasteiger partial charge >= 0.3 is 0 Å². The van der Waals surface area contributed by atoms with Gasteiger partial charge in [-0.05, 0) is 13.5 Å². The molecule has 1 unspecified atom stereocenters. The van der Waals surface area contributed by atoms with Crippen LogP contribution in [-0.2, 0) is 0 Å². The molecular weight excluding hydrogens is 246 g/mol. The highest BCUT2D eigenvalue weighted by Gasteiger charge is 2.15. The summed E-state index contributed by atoms with van der Waals surface area (Å²) in [6.45, 7) is 2.87. The minimum Gasteiger partial charge on any atom is -0.493 e. The number of likely N-dealkylation sites (N-methyl/N-ethyl adjacent to an activating group) is 1. The van der Waals surface area contributed by atoms with Crippen molar-refractivity contribution in [3.8, 4) is 23.0 Å². The molecule has 0 spiro atoms. The minimum absolute atomic E-state index is 0.104. The fraction of sp³-hybridized carbons (Fsp3) is 0.571. The smallest absolute Gasteiger partial charge is 0.203 e. The quantitative estimate of drug-likeness (QED) is 0.783. The van der Waals surface area contributed by atoms with Gasteiger partial charge in [0.15, 0.2) is 11.5 Å². The van der Waals surface area contributed by atoms with Crippen molar-refractivity contribution in [3.05, 3.63) is 12.1 Å². The van der Waals surface area contributed by atoms with Crippen molar-refractivity contribution >= 4 is 0 Å². The summed E-state index contributed by atoms with van der Waals surface area (Å²) in [7, 11) is 6.66. The Morgan fingerprint density at radius 2 is 1.63 bits per heavy atom. The van der Waals surface area contributed by atoms with E-state index in [-0.39, 0.29) is 6.10 Å². The molecule has 1 aromatic carbocycles.